The number of hydrogen-bond acceptors (Lipinski definition) is 6. The first-order valence-electron chi connectivity index (χ1n) is 8.40. The monoisotopic (exact) mass is 332 g/mol. The Hall–Kier alpha value is -2.15. The molecule has 0 N–H and O–H groups in total. The van der Waals surface area contributed by atoms with E-state index in [0.29, 0.717) is 12.4 Å². The van der Waals surface area contributed by atoms with Crippen LogP contribution in [0.2, 0.25) is 0 Å². The third kappa shape index (κ3) is 3.84. The molecule has 0 aromatic carbocycles. The lowest BCUT2D eigenvalue weighted by atomic mass is 10.2. The molecule has 1 saturated heterocycles. The van der Waals surface area contributed by atoms with Crippen molar-refractivity contribution in [2.24, 2.45) is 0 Å². The van der Waals surface area contributed by atoms with E-state index in [9.17, 15) is 4.79 Å². The zero-order chi connectivity index (χ0) is 17.1. The molecular formula is C17H24N4O3. The van der Waals surface area contributed by atoms with Crippen LogP contribution in [0.25, 0.3) is 0 Å². The predicted molar refractivity (Wildman–Crippen MR) is 87.0 cm³/mol. The van der Waals surface area contributed by atoms with Crippen LogP contribution in [0.3, 0.4) is 0 Å². The third-order valence-corrected chi connectivity index (χ3v) is 4.40. The highest BCUT2D eigenvalue weighted by Crippen LogP contribution is 2.21. The molecule has 0 aliphatic carbocycles. The number of nitrogens with zero attached hydrogens (tertiary/aromatic N) is 4. The van der Waals surface area contributed by atoms with E-state index in [1.807, 2.05) is 24.8 Å². The van der Waals surface area contributed by atoms with Crippen molar-refractivity contribution in [3.05, 3.63) is 35.4 Å². The number of aromatic nitrogens is 2. The van der Waals surface area contributed by atoms with Crippen LogP contribution in [-0.2, 0) is 24.3 Å². The van der Waals surface area contributed by atoms with Crippen molar-refractivity contribution < 1.29 is 13.7 Å². The first-order valence-corrected chi connectivity index (χ1v) is 8.40. The fraction of sp³-hybridized carbons (Fsp3) is 0.588. The van der Waals surface area contributed by atoms with Crippen LogP contribution in [0.1, 0.15) is 43.4 Å². The Morgan fingerprint density at radius 1 is 1.46 bits per heavy atom. The van der Waals surface area contributed by atoms with Gasteiger partial charge in [0.25, 0.3) is 0 Å². The lowest BCUT2D eigenvalue weighted by Crippen LogP contribution is -2.40. The van der Waals surface area contributed by atoms with Crippen LogP contribution in [0.4, 0.5) is 0 Å². The van der Waals surface area contributed by atoms with Gasteiger partial charge in [-0.1, -0.05) is 12.1 Å². The zero-order valence-corrected chi connectivity index (χ0v) is 14.5. The highest BCUT2D eigenvalue weighted by molar-refractivity contribution is 5.73. The largest absolute Gasteiger partial charge is 0.444 e. The molecular weight excluding hydrogens is 308 g/mol. The summed E-state index contributed by atoms with van der Waals surface area (Å²) in [4.78, 5) is 20.5. The highest BCUT2D eigenvalue weighted by atomic mass is 16.5. The van der Waals surface area contributed by atoms with Gasteiger partial charge < -0.3 is 13.8 Å². The molecule has 7 heteroatoms. The topological polar surface area (TPSA) is 75.6 Å². The molecule has 0 spiro atoms. The van der Waals surface area contributed by atoms with Gasteiger partial charge in [-0.3, -0.25) is 9.69 Å². The number of likely N-dealkylation sites (tertiary alicyclic amines) is 1. The van der Waals surface area contributed by atoms with Crippen LogP contribution in [0, 0.1) is 6.92 Å². The lowest BCUT2D eigenvalue weighted by molar-refractivity contribution is -0.132. The van der Waals surface area contributed by atoms with Gasteiger partial charge >= 0.3 is 0 Å². The summed E-state index contributed by atoms with van der Waals surface area (Å²) in [6.45, 7) is 8.44. The molecule has 3 heterocycles. The van der Waals surface area contributed by atoms with Crippen molar-refractivity contribution >= 4 is 5.91 Å². The fourth-order valence-corrected chi connectivity index (χ4v) is 3.15. The van der Waals surface area contributed by atoms with Crippen molar-refractivity contribution in [2.45, 2.75) is 52.7 Å². The Morgan fingerprint density at radius 3 is 2.92 bits per heavy atom. The first kappa shape index (κ1) is 16.7. The van der Waals surface area contributed by atoms with Crippen molar-refractivity contribution in [3.63, 3.8) is 0 Å². The normalized spacial score (nSPS) is 18.2. The quantitative estimate of drug-likeness (QED) is 0.807. The standard InChI is InChI=1S/C17H24N4O3/c1-4-15-8-18-17(23-15)11-21(13(3)22)14-5-6-20(9-14)10-16-7-12(2)19-24-16/h7-8,14H,4-6,9-11H2,1-3H3. The number of aryl methyl sites for hydroxylation is 2. The van der Waals surface area contributed by atoms with E-state index in [-0.39, 0.29) is 11.9 Å². The van der Waals surface area contributed by atoms with Gasteiger partial charge in [-0.05, 0) is 13.3 Å². The van der Waals surface area contributed by atoms with Gasteiger partial charge in [0.1, 0.15) is 5.76 Å². The number of oxazole rings is 1. The summed E-state index contributed by atoms with van der Waals surface area (Å²) >= 11 is 0. The molecule has 1 atom stereocenters. The van der Waals surface area contributed by atoms with E-state index in [4.69, 9.17) is 8.94 Å². The number of hydrogen-bond donors (Lipinski definition) is 0. The van der Waals surface area contributed by atoms with E-state index in [1.54, 1.807) is 13.1 Å². The summed E-state index contributed by atoms with van der Waals surface area (Å²) in [6, 6.07) is 2.12. The van der Waals surface area contributed by atoms with Gasteiger partial charge in [0.15, 0.2) is 5.76 Å². The predicted octanol–water partition coefficient (Wildman–Crippen LogP) is 2.16. The molecule has 1 unspecified atom stereocenters. The van der Waals surface area contributed by atoms with Crippen molar-refractivity contribution in [1.82, 2.24) is 19.9 Å². The summed E-state index contributed by atoms with van der Waals surface area (Å²) in [7, 11) is 0. The average molecular weight is 332 g/mol. The van der Waals surface area contributed by atoms with E-state index in [2.05, 4.69) is 15.0 Å². The number of carbonyl (C=O) groups is 1. The van der Waals surface area contributed by atoms with E-state index < -0.39 is 0 Å². The van der Waals surface area contributed by atoms with Gasteiger partial charge in [-0.25, -0.2) is 4.98 Å². The van der Waals surface area contributed by atoms with Crippen LogP contribution in [0.15, 0.2) is 21.2 Å². The lowest BCUT2D eigenvalue weighted by Gasteiger charge is -2.26. The highest BCUT2D eigenvalue weighted by Gasteiger charge is 2.30. The Morgan fingerprint density at radius 2 is 2.29 bits per heavy atom. The minimum absolute atomic E-state index is 0.0496. The molecule has 0 radical (unpaired) electrons. The van der Waals surface area contributed by atoms with E-state index >= 15 is 0 Å². The van der Waals surface area contributed by atoms with Gasteiger partial charge in [-0.15, -0.1) is 0 Å². The molecule has 1 aliphatic rings. The van der Waals surface area contributed by atoms with E-state index in [1.165, 1.54) is 0 Å². The van der Waals surface area contributed by atoms with Gasteiger partial charge in [0, 0.05) is 38.5 Å². The maximum Gasteiger partial charge on any atom is 0.220 e. The van der Waals surface area contributed by atoms with Crippen LogP contribution < -0.4 is 0 Å². The minimum atomic E-state index is 0.0496. The summed E-state index contributed by atoms with van der Waals surface area (Å²) in [5.41, 5.74) is 0.890. The maximum atomic E-state index is 12.1. The summed E-state index contributed by atoms with van der Waals surface area (Å²) in [5, 5.41) is 3.92. The molecule has 0 saturated carbocycles. The SMILES string of the molecule is CCc1cnc(CN(C(C)=O)C2CCN(Cc3cc(C)no3)C2)o1. The molecule has 2 aromatic heterocycles. The fourth-order valence-electron chi connectivity index (χ4n) is 3.15. The van der Waals surface area contributed by atoms with Crippen molar-refractivity contribution in [2.75, 3.05) is 13.1 Å². The molecule has 2 aromatic rings. The zero-order valence-electron chi connectivity index (χ0n) is 14.5. The van der Waals surface area contributed by atoms with Crippen LogP contribution >= 0.6 is 0 Å². The second kappa shape index (κ2) is 7.17. The first-order chi connectivity index (χ1) is 11.5. The molecule has 7 nitrogen and oxygen atoms in total. The molecule has 130 valence electrons. The molecule has 1 fully saturated rings. The summed E-state index contributed by atoms with van der Waals surface area (Å²) in [5.74, 6) is 2.37. The van der Waals surface area contributed by atoms with Crippen LogP contribution in [-0.4, -0.2) is 45.0 Å². The van der Waals surface area contributed by atoms with E-state index in [0.717, 1.165) is 49.7 Å². The number of rotatable bonds is 6. The van der Waals surface area contributed by atoms with Crippen molar-refractivity contribution in [1.29, 1.82) is 0 Å². The Bertz CT molecular complexity index is 694. The Labute approximate surface area is 141 Å². The Kier molecular flexibility index (Phi) is 4.99. The van der Waals surface area contributed by atoms with Gasteiger partial charge in [-0.2, -0.15) is 0 Å². The maximum absolute atomic E-state index is 12.1. The van der Waals surface area contributed by atoms with Gasteiger partial charge in [0.2, 0.25) is 11.8 Å². The van der Waals surface area contributed by atoms with Crippen LogP contribution in [0.5, 0.6) is 0 Å². The number of amides is 1. The third-order valence-electron chi connectivity index (χ3n) is 4.40. The smallest absolute Gasteiger partial charge is 0.220 e. The molecule has 3 rings (SSSR count). The summed E-state index contributed by atoms with van der Waals surface area (Å²) in [6.07, 6.45) is 3.48. The number of carbonyl (C=O) groups excluding carboxylic acids is 1. The molecule has 1 aliphatic heterocycles. The second-order valence-electron chi connectivity index (χ2n) is 6.33. The van der Waals surface area contributed by atoms with Gasteiger partial charge in [0.05, 0.1) is 25.0 Å². The molecule has 0 bridgehead atoms. The average Bonchev–Trinajstić information content (AvgIpc) is 3.26. The van der Waals surface area contributed by atoms with Crippen molar-refractivity contribution in [3.8, 4) is 0 Å². The minimum Gasteiger partial charge on any atom is -0.444 e. The molecule has 1 amide bonds. The second-order valence-corrected chi connectivity index (χ2v) is 6.33. The Balaban J connectivity index is 1.61. The summed E-state index contributed by atoms with van der Waals surface area (Å²) < 4.78 is 10.9. The molecule has 24 heavy (non-hydrogen) atoms.